The van der Waals surface area contributed by atoms with E-state index in [1.165, 1.54) is 9.88 Å². The molecule has 0 spiro atoms. The average molecular weight is 261 g/mol. The number of nitrogens with one attached hydrogen (secondary N) is 2. The van der Waals surface area contributed by atoms with Gasteiger partial charge in [-0.2, -0.15) is 12.7 Å². The second kappa shape index (κ2) is 6.49. The van der Waals surface area contributed by atoms with E-state index in [0.29, 0.717) is 6.54 Å². The quantitative estimate of drug-likeness (QED) is 0.683. The first-order valence-electron chi connectivity index (χ1n) is 6.04. The largest absolute Gasteiger partial charge is 0.313 e. The molecule has 0 fully saturated rings. The Kier molecular flexibility index (Phi) is 5.58. The van der Waals surface area contributed by atoms with E-state index in [2.05, 4.69) is 16.1 Å². The van der Waals surface area contributed by atoms with Crippen molar-refractivity contribution in [2.75, 3.05) is 26.7 Å². The molecule has 0 bridgehead atoms. The van der Waals surface area contributed by atoms with Gasteiger partial charge in [0.25, 0.3) is 10.2 Å². The zero-order valence-corrected chi connectivity index (χ0v) is 11.7. The van der Waals surface area contributed by atoms with E-state index >= 15 is 0 Å². The van der Waals surface area contributed by atoms with Crippen molar-refractivity contribution in [3.63, 3.8) is 0 Å². The fourth-order valence-electron chi connectivity index (χ4n) is 1.62. The Bertz CT molecular complexity index is 363. The molecule has 0 amide bonds. The van der Waals surface area contributed by atoms with Gasteiger partial charge in [-0.25, -0.2) is 4.72 Å². The highest BCUT2D eigenvalue weighted by Gasteiger charge is 2.19. The molecular formula is C11H23N3O2S. The molecule has 0 aromatic carbocycles. The van der Waals surface area contributed by atoms with Crippen LogP contribution in [-0.2, 0) is 10.2 Å². The summed E-state index contributed by atoms with van der Waals surface area (Å²) in [4.78, 5) is 0. The predicted octanol–water partition coefficient (Wildman–Crippen LogP) is 0.471. The topological polar surface area (TPSA) is 61.4 Å². The Morgan fingerprint density at radius 1 is 1.53 bits per heavy atom. The Balaban J connectivity index is 2.37. The van der Waals surface area contributed by atoms with E-state index in [9.17, 15) is 8.42 Å². The molecule has 1 rings (SSSR count). The van der Waals surface area contributed by atoms with Crippen LogP contribution in [0.4, 0.5) is 0 Å². The highest BCUT2D eigenvalue weighted by molar-refractivity contribution is 7.87. The van der Waals surface area contributed by atoms with Gasteiger partial charge in [0, 0.05) is 26.2 Å². The van der Waals surface area contributed by atoms with Crippen molar-refractivity contribution >= 4 is 10.2 Å². The van der Waals surface area contributed by atoms with Crippen LogP contribution in [0.3, 0.4) is 0 Å². The summed E-state index contributed by atoms with van der Waals surface area (Å²) in [5.41, 5.74) is 1.33. The van der Waals surface area contributed by atoms with Gasteiger partial charge in [-0.1, -0.05) is 11.6 Å². The monoisotopic (exact) mass is 261 g/mol. The average Bonchev–Trinajstić information content (AvgIpc) is 2.29. The number of hydrogen-bond acceptors (Lipinski definition) is 3. The summed E-state index contributed by atoms with van der Waals surface area (Å²) in [6.07, 6.45) is 3.96. The van der Waals surface area contributed by atoms with Crippen molar-refractivity contribution in [2.45, 2.75) is 32.7 Å². The van der Waals surface area contributed by atoms with Gasteiger partial charge in [0.15, 0.2) is 0 Å². The zero-order valence-electron chi connectivity index (χ0n) is 10.9. The van der Waals surface area contributed by atoms with E-state index in [4.69, 9.17) is 0 Å². The van der Waals surface area contributed by atoms with E-state index < -0.39 is 10.2 Å². The van der Waals surface area contributed by atoms with Gasteiger partial charge >= 0.3 is 0 Å². The molecule has 0 saturated carbocycles. The van der Waals surface area contributed by atoms with Gasteiger partial charge < -0.3 is 5.32 Å². The van der Waals surface area contributed by atoms with Crippen LogP contribution in [-0.4, -0.2) is 45.4 Å². The summed E-state index contributed by atoms with van der Waals surface area (Å²) in [5, 5.41) is 3.23. The van der Waals surface area contributed by atoms with Crippen LogP contribution in [0.1, 0.15) is 26.7 Å². The summed E-state index contributed by atoms with van der Waals surface area (Å²) < 4.78 is 27.6. The molecule has 0 radical (unpaired) electrons. The molecule has 6 heteroatoms. The minimum atomic E-state index is -3.32. The normalized spacial score (nSPS) is 17.6. The van der Waals surface area contributed by atoms with Crippen LogP contribution >= 0.6 is 0 Å². The fourth-order valence-corrected chi connectivity index (χ4v) is 2.74. The summed E-state index contributed by atoms with van der Waals surface area (Å²) in [6, 6.07) is -0.0226. The fraction of sp³-hybridized carbons (Fsp3) is 0.818. The lowest BCUT2D eigenvalue weighted by atomic mass is 10.1. The van der Waals surface area contributed by atoms with Crippen molar-refractivity contribution < 1.29 is 8.42 Å². The highest BCUT2D eigenvalue weighted by atomic mass is 32.2. The molecule has 1 heterocycles. The SMILES string of the molecule is CC(C)N(C)S(=O)(=O)NCCC1=CCNCC1. The summed E-state index contributed by atoms with van der Waals surface area (Å²) in [7, 11) is -1.73. The Labute approximate surface area is 104 Å². The molecule has 5 nitrogen and oxygen atoms in total. The molecule has 2 N–H and O–H groups in total. The lowest BCUT2D eigenvalue weighted by Gasteiger charge is -2.21. The maximum absolute atomic E-state index is 11.8. The molecule has 100 valence electrons. The minimum Gasteiger partial charge on any atom is -0.313 e. The zero-order chi connectivity index (χ0) is 12.9. The first-order chi connectivity index (χ1) is 7.93. The second-order valence-corrected chi connectivity index (χ2v) is 6.39. The Hall–Kier alpha value is -0.430. The molecule has 17 heavy (non-hydrogen) atoms. The smallest absolute Gasteiger partial charge is 0.279 e. The predicted molar refractivity (Wildman–Crippen MR) is 70.0 cm³/mol. The van der Waals surface area contributed by atoms with Gasteiger partial charge in [0.1, 0.15) is 0 Å². The Morgan fingerprint density at radius 2 is 2.24 bits per heavy atom. The van der Waals surface area contributed by atoms with Crippen molar-refractivity contribution in [1.29, 1.82) is 0 Å². The molecule has 0 unspecified atom stereocenters. The second-order valence-electron chi connectivity index (χ2n) is 4.58. The number of hydrogen-bond donors (Lipinski definition) is 2. The molecule has 1 aliphatic heterocycles. The standard InChI is InChI=1S/C11H23N3O2S/c1-10(2)14(3)17(15,16)13-9-6-11-4-7-12-8-5-11/h4,10,12-13H,5-9H2,1-3H3. The van der Waals surface area contributed by atoms with Crippen molar-refractivity contribution in [2.24, 2.45) is 0 Å². The minimum absolute atomic E-state index is 0.0226. The van der Waals surface area contributed by atoms with Crippen molar-refractivity contribution in [1.82, 2.24) is 14.3 Å². The lowest BCUT2D eigenvalue weighted by Crippen LogP contribution is -2.42. The Morgan fingerprint density at radius 3 is 2.76 bits per heavy atom. The third-order valence-electron chi connectivity index (χ3n) is 2.99. The molecule has 0 aromatic heterocycles. The molecule has 0 atom stereocenters. The maximum atomic E-state index is 11.8. The van der Waals surface area contributed by atoms with Crippen molar-refractivity contribution in [3.8, 4) is 0 Å². The van der Waals surface area contributed by atoms with Crippen LogP contribution in [0.5, 0.6) is 0 Å². The van der Waals surface area contributed by atoms with Crippen molar-refractivity contribution in [3.05, 3.63) is 11.6 Å². The molecule has 0 aromatic rings. The van der Waals surface area contributed by atoms with Gasteiger partial charge in [-0.05, 0) is 33.2 Å². The molecule has 1 aliphatic rings. The molecule has 0 aliphatic carbocycles. The van der Waals surface area contributed by atoms with Gasteiger partial charge in [-0.15, -0.1) is 0 Å². The van der Waals surface area contributed by atoms with Gasteiger partial charge in [0.05, 0.1) is 0 Å². The first-order valence-corrected chi connectivity index (χ1v) is 7.48. The third kappa shape index (κ3) is 4.75. The van der Waals surface area contributed by atoms with Crippen LogP contribution in [0, 0.1) is 0 Å². The van der Waals surface area contributed by atoms with Gasteiger partial charge in [0.2, 0.25) is 0 Å². The van der Waals surface area contributed by atoms with Crippen LogP contribution < -0.4 is 10.0 Å². The van der Waals surface area contributed by atoms with Gasteiger partial charge in [-0.3, -0.25) is 0 Å². The van der Waals surface area contributed by atoms with Crippen LogP contribution in [0.2, 0.25) is 0 Å². The molecule has 0 saturated heterocycles. The summed E-state index contributed by atoms with van der Waals surface area (Å²) in [5.74, 6) is 0. The number of rotatable bonds is 6. The van der Waals surface area contributed by atoms with E-state index in [1.807, 2.05) is 13.8 Å². The van der Waals surface area contributed by atoms with Crippen LogP contribution in [0.25, 0.3) is 0 Å². The van der Waals surface area contributed by atoms with E-state index in [-0.39, 0.29) is 6.04 Å². The van der Waals surface area contributed by atoms with Crippen LogP contribution in [0.15, 0.2) is 11.6 Å². The summed E-state index contributed by atoms with van der Waals surface area (Å²) >= 11 is 0. The number of nitrogens with zero attached hydrogens (tertiary/aromatic N) is 1. The maximum Gasteiger partial charge on any atom is 0.279 e. The van der Waals surface area contributed by atoms with E-state index in [1.54, 1.807) is 7.05 Å². The molecular weight excluding hydrogens is 238 g/mol. The summed E-state index contributed by atoms with van der Waals surface area (Å²) in [6.45, 7) is 6.08. The lowest BCUT2D eigenvalue weighted by molar-refractivity contribution is 0.402. The first kappa shape index (κ1) is 14.6. The third-order valence-corrected chi connectivity index (χ3v) is 4.74. The highest BCUT2D eigenvalue weighted by Crippen LogP contribution is 2.08. The van der Waals surface area contributed by atoms with E-state index in [0.717, 1.165) is 25.9 Å².